The summed E-state index contributed by atoms with van der Waals surface area (Å²) in [6.45, 7) is -0.854. The van der Waals surface area contributed by atoms with Crippen LogP contribution in [-0.2, 0) is 6.54 Å². The van der Waals surface area contributed by atoms with Crippen molar-refractivity contribution in [3.05, 3.63) is 34.1 Å². The lowest BCUT2D eigenvalue weighted by Crippen LogP contribution is -2.54. The van der Waals surface area contributed by atoms with Crippen LogP contribution in [0.2, 0.25) is 0 Å². The van der Waals surface area contributed by atoms with Crippen molar-refractivity contribution in [2.75, 3.05) is 19.8 Å². The predicted molar refractivity (Wildman–Crippen MR) is 64.9 cm³/mol. The Morgan fingerprint density at radius 3 is 2.24 bits per heavy atom. The van der Waals surface area contributed by atoms with Gasteiger partial charge in [-0.15, -0.1) is 0 Å². The molecule has 0 saturated heterocycles. The maximum Gasteiger partial charge on any atom is 0.137 e. The molecule has 4 N–H and O–H groups in total. The fourth-order valence-corrected chi connectivity index (χ4v) is 1.68. The molecule has 0 amide bonds. The highest BCUT2D eigenvalue weighted by molar-refractivity contribution is 9.10. The topological polar surface area (TPSA) is 72.7 Å². The molecular weight excluding hydrogens is 293 g/mol. The highest BCUT2D eigenvalue weighted by Gasteiger charge is 2.26. The van der Waals surface area contributed by atoms with Crippen LogP contribution in [0.4, 0.5) is 4.39 Å². The van der Waals surface area contributed by atoms with E-state index in [4.69, 9.17) is 15.3 Å². The van der Waals surface area contributed by atoms with Gasteiger partial charge in [-0.1, -0.05) is 6.07 Å². The molecule has 1 aromatic carbocycles. The average Bonchev–Trinajstić information content (AvgIpc) is 2.36. The number of rotatable bonds is 6. The van der Waals surface area contributed by atoms with Crippen LogP contribution in [0.1, 0.15) is 5.56 Å². The number of aliphatic hydroxyl groups is 3. The molecule has 17 heavy (non-hydrogen) atoms. The lowest BCUT2D eigenvalue weighted by Gasteiger charge is -2.28. The standard InChI is InChI=1S/C11H15BrFNO3/c12-9-3-8(1-2-10(9)13)4-14-11(5-15,6-16)7-17/h1-3,14-17H,4-7H2. The van der Waals surface area contributed by atoms with Gasteiger partial charge in [0.15, 0.2) is 0 Å². The van der Waals surface area contributed by atoms with Gasteiger partial charge in [-0.25, -0.2) is 4.39 Å². The smallest absolute Gasteiger partial charge is 0.137 e. The summed E-state index contributed by atoms with van der Waals surface area (Å²) in [4.78, 5) is 0. The van der Waals surface area contributed by atoms with Crippen molar-refractivity contribution < 1.29 is 19.7 Å². The van der Waals surface area contributed by atoms with Crippen LogP contribution in [0, 0.1) is 5.82 Å². The number of aliphatic hydroxyl groups excluding tert-OH is 3. The van der Waals surface area contributed by atoms with Crippen molar-refractivity contribution in [1.82, 2.24) is 5.32 Å². The summed E-state index contributed by atoms with van der Waals surface area (Å²) in [5.74, 6) is -0.355. The Hall–Kier alpha value is -0.530. The first-order chi connectivity index (χ1) is 8.06. The molecule has 4 nitrogen and oxygen atoms in total. The van der Waals surface area contributed by atoms with Crippen LogP contribution in [0.5, 0.6) is 0 Å². The molecule has 0 unspecified atom stereocenters. The SMILES string of the molecule is OCC(CO)(CO)NCc1ccc(F)c(Br)c1. The zero-order valence-electron chi connectivity index (χ0n) is 9.16. The van der Waals surface area contributed by atoms with E-state index in [2.05, 4.69) is 21.2 Å². The third kappa shape index (κ3) is 3.72. The Morgan fingerprint density at radius 1 is 1.18 bits per heavy atom. The van der Waals surface area contributed by atoms with Gasteiger partial charge >= 0.3 is 0 Å². The molecule has 0 aromatic heterocycles. The molecule has 0 atom stereocenters. The normalized spacial score (nSPS) is 11.8. The number of hydrogen-bond acceptors (Lipinski definition) is 4. The minimum atomic E-state index is -1.12. The maximum atomic E-state index is 13.0. The minimum Gasteiger partial charge on any atom is -0.394 e. The molecule has 0 fully saturated rings. The first-order valence-electron chi connectivity index (χ1n) is 5.08. The Kier molecular flexibility index (Phi) is 5.48. The first kappa shape index (κ1) is 14.5. The van der Waals surface area contributed by atoms with Crippen molar-refractivity contribution in [3.63, 3.8) is 0 Å². The molecule has 0 bridgehead atoms. The fraction of sp³-hybridized carbons (Fsp3) is 0.455. The Morgan fingerprint density at radius 2 is 1.76 bits per heavy atom. The monoisotopic (exact) mass is 307 g/mol. The quantitative estimate of drug-likeness (QED) is 0.614. The number of benzene rings is 1. The van der Waals surface area contributed by atoms with E-state index < -0.39 is 5.54 Å². The lowest BCUT2D eigenvalue weighted by molar-refractivity contribution is 0.0414. The zero-order valence-corrected chi connectivity index (χ0v) is 10.7. The van der Waals surface area contributed by atoms with Crippen LogP contribution in [-0.4, -0.2) is 40.7 Å². The van der Waals surface area contributed by atoms with Crippen LogP contribution < -0.4 is 5.32 Å². The highest BCUT2D eigenvalue weighted by atomic mass is 79.9. The van der Waals surface area contributed by atoms with Gasteiger partial charge in [0.2, 0.25) is 0 Å². The number of nitrogens with one attached hydrogen (secondary N) is 1. The van der Waals surface area contributed by atoms with E-state index in [9.17, 15) is 4.39 Å². The van der Waals surface area contributed by atoms with Gasteiger partial charge in [-0.2, -0.15) is 0 Å². The van der Waals surface area contributed by atoms with Crippen LogP contribution >= 0.6 is 15.9 Å². The van der Waals surface area contributed by atoms with Crippen molar-refractivity contribution in [2.24, 2.45) is 0 Å². The fourth-order valence-electron chi connectivity index (χ4n) is 1.26. The third-order valence-corrected chi connectivity index (χ3v) is 3.17. The van der Waals surface area contributed by atoms with Gasteiger partial charge in [0.05, 0.1) is 29.8 Å². The van der Waals surface area contributed by atoms with E-state index in [1.54, 1.807) is 12.1 Å². The molecule has 6 heteroatoms. The summed E-state index contributed by atoms with van der Waals surface area (Å²) in [7, 11) is 0. The summed E-state index contributed by atoms with van der Waals surface area (Å²) >= 11 is 3.07. The molecule has 1 aromatic rings. The first-order valence-corrected chi connectivity index (χ1v) is 5.88. The summed E-state index contributed by atoms with van der Waals surface area (Å²) in [5, 5.41) is 30.2. The molecule has 0 heterocycles. The Bertz CT molecular complexity index is 363. The third-order valence-electron chi connectivity index (χ3n) is 2.56. The molecule has 0 aliphatic rings. The van der Waals surface area contributed by atoms with E-state index in [1.165, 1.54) is 6.07 Å². The molecule has 0 aliphatic carbocycles. The largest absolute Gasteiger partial charge is 0.394 e. The van der Waals surface area contributed by atoms with E-state index in [1.807, 2.05) is 0 Å². The molecule has 0 radical (unpaired) electrons. The van der Waals surface area contributed by atoms with E-state index in [-0.39, 0.29) is 25.6 Å². The van der Waals surface area contributed by atoms with Gasteiger partial charge in [0.1, 0.15) is 5.82 Å². The van der Waals surface area contributed by atoms with E-state index in [0.717, 1.165) is 5.56 Å². The van der Waals surface area contributed by atoms with E-state index in [0.29, 0.717) is 11.0 Å². The van der Waals surface area contributed by atoms with Gasteiger partial charge in [0, 0.05) is 6.54 Å². The molecule has 0 aliphatic heterocycles. The van der Waals surface area contributed by atoms with E-state index >= 15 is 0 Å². The maximum absolute atomic E-state index is 13.0. The number of hydrogen-bond donors (Lipinski definition) is 4. The lowest BCUT2D eigenvalue weighted by atomic mass is 10.0. The Labute approximate surface area is 107 Å². The molecule has 1 rings (SSSR count). The van der Waals surface area contributed by atoms with Crippen molar-refractivity contribution in [3.8, 4) is 0 Å². The molecular formula is C11H15BrFNO3. The summed E-state index contributed by atoms with van der Waals surface area (Å²) in [5.41, 5.74) is -0.348. The van der Waals surface area contributed by atoms with Crippen molar-refractivity contribution >= 4 is 15.9 Å². The van der Waals surface area contributed by atoms with Gasteiger partial charge in [0.25, 0.3) is 0 Å². The van der Waals surface area contributed by atoms with Gasteiger partial charge in [-0.05, 0) is 33.6 Å². The van der Waals surface area contributed by atoms with Gasteiger partial charge in [-0.3, -0.25) is 0 Å². The summed E-state index contributed by atoms with van der Waals surface area (Å²) in [6, 6.07) is 4.50. The zero-order chi connectivity index (χ0) is 12.9. The predicted octanol–water partition coefficient (Wildman–Crippen LogP) is 0.394. The minimum absolute atomic E-state index is 0.306. The Balaban J connectivity index is 2.68. The van der Waals surface area contributed by atoms with Crippen LogP contribution in [0.25, 0.3) is 0 Å². The highest BCUT2D eigenvalue weighted by Crippen LogP contribution is 2.17. The van der Waals surface area contributed by atoms with Crippen LogP contribution in [0.3, 0.4) is 0 Å². The molecule has 0 spiro atoms. The second-order valence-corrected chi connectivity index (χ2v) is 4.71. The molecule has 0 saturated carbocycles. The van der Waals surface area contributed by atoms with Crippen LogP contribution in [0.15, 0.2) is 22.7 Å². The van der Waals surface area contributed by atoms with Crippen molar-refractivity contribution in [1.29, 1.82) is 0 Å². The number of halogens is 2. The second-order valence-electron chi connectivity index (χ2n) is 3.86. The van der Waals surface area contributed by atoms with Crippen molar-refractivity contribution in [2.45, 2.75) is 12.1 Å². The second kappa shape index (κ2) is 6.42. The average molecular weight is 308 g/mol. The summed E-state index contributed by atoms with van der Waals surface area (Å²) in [6.07, 6.45) is 0. The van der Waals surface area contributed by atoms with Gasteiger partial charge < -0.3 is 20.6 Å². The summed E-state index contributed by atoms with van der Waals surface area (Å²) < 4.78 is 13.3. The molecule has 96 valence electrons.